The summed E-state index contributed by atoms with van der Waals surface area (Å²) >= 11 is 1.54. The van der Waals surface area contributed by atoms with Gasteiger partial charge in [0.1, 0.15) is 5.82 Å². The van der Waals surface area contributed by atoms with Crippen LogP contribution in [0.15, 0.2) is 23.0 Å². The van der Waals surface area contributed by atoms with Gasteiger partial charge in [-0.1, -0.05) is 0 Å². The van der Waals surface area contributed by atoms with Crippen molar-refractivity contribution in [1.29, 1.82) is 0 Å². The average molecular weight is 249 g/mol. The lowest BCUT2D eigenvalue weighted by atomic mass is 10.3. The van der Waals surface area contributed by atoms with Crippen molar-refractivity contribution < 1.29 is 4.79 Å². The van der Waals surface area contributed by atoms with Gasteiger partial charge < -0.3 is 11.1 Å². The van der Waals surface area contributed by atoms with Gasteiger partial charge in [0, 0.05) is 18.3 Å². The quantitative estimate of drug-likeness (QED) is 0.822. The lowest BCUT2D eigenvalue weighted by Crippen LogP contribution is -2.26. The molecular formula is C10H11N5OS. The first-order valence-corrected chi connectivity index (χ1v) is 5.94. The number of nitrogen functional groups attached to an aromatic ring is 1. The third kappa shape index (κ3) is 3.22. The second-order valence-corrected chi connectivity index (χ2v) is 4.05. The normalized spacial score (nSPS) is 10.1. The molecule has 0 aromatic carbocycles. The van der Waals surface area contributed by atoms with Gasteiger partial charge in [-0.2, -0.15) is 0 Å². The van der Waals surface area contributed by atoms with E-state index in [1.165, 1.54) is 11.3 Å². The molecule has 0 atom stereocenters. The van der Waals surface area contributed by atoms with E-state index in [4.69, 9.17) is 5.73 Å². The van der Waals surface area contributed by atoms with Crippen molar-refractivity contribution in [3.8, 4) is 0 Å². The van der Waals surface area contributed by atoms with Gasteiger partial charge in [-0.15, -0.1) is 21.5 Å². The van der Waals surface area contributed by atoms with Gasteiger partial charge in [0.2, 0.25) is 0 Å². The molecule has 0 radical (unpaired) electrons. The lowest BCUT2D eigenvalue weighted by Gasteiger charge is -2.02. The number of anilines is 1. The number of amides is 1. The highest BCUT2D eigenvalue weighted by Crippen LogP contribution is 2.01. The van der Waals surface area contributed by atoms with E-state index in [9.17, 15) is 4.79 Å². The molecule has 0 saturated heterocycles. The van der Waals surface area contributed by atoms with Gasteiger partial charge >= 0.3 is 0 Å². The average Bonchev–Trinajstić information content (AvgIpc) is 2.83. The SMILES string of the molecule is Nc1ccc(C(=O)NCCc2cscn2)nn1. The Morgan fingerprint density at radius 1 is 1.41 bits per heavy atom. The van der Waals surface area contributed by atoms with Gasteiger partial charge in [-0.25, -0.2) is 4.98 Å². The maximum absolute atomic E-state index is 11.6. The molecule has 0 spiro atoms. The van der Waals surface area contributed by atoms with Crippen LogP contribution in [-0.2, 0) is 6.42 Å². The van der Waals surface area contributed by atoms with Crippen molar-refractivity contribution in [1.82, 2.24) is 20.5 Å². The summed E-state index contributed by atoms with van der Waals surface area (Å²) in [7, 11) is 0. The number of rotatable bonds is 4. The molecule has 2 aromatic heterocycles. The van der Waals surface area contributed by atoms with Crippen molar-refractivity contribution in [2.24, 2.45) is 0 Å². The molecule has 0 bridgehead atoms. The monoisotopic (exact) mass is 249 g/mol. The Morgan fingerprint density at radius 2 is 2.29 bits per heavy atom. The van der Waals surface area contributed by atoms with Crippen LogP contribution in [-0.4, -0.2) is 27.6 Å². The van der Waals surface area contributed by atoms with Crippen LogP contribution in [0, 0.1) is 0 Å². The first-order chi connectivity index (χ1) is 8.25. The molecule has 3 N–H and O–H groups in total. The van der Waals surface area contributed by atoms with Crippen LogP contribution < -0.4 is 11.1 Å². The molecule has 0 unspecified atom stereocenters. The number of nitrogens with one attached hydrogen (secondary N) is 1. The molecule has 6 nitrogen and oxygen atoms in total. The number of carbonyl (C=O) groups is 1. The van der Waals surface area contributed by atoms with Crippen LogP contribution >= 0.6 is 11.3 Å². The fourth-order valence-electron chi connectivity index (χ4n) is 1.22. The predicted octanol–water partition coefficient (Wildman–Crippen LogP) is 0.488. The minimum absolute atomic E-state index is 0.257. The smallest absolute Gasteiger partial charge is 0.271 e. The summed E-state index contributed by atoms with van der Waals surface area (Å²) in [6, 6.07) is 3.09. The Labute approximate surface area is 102 Å². The van der Waals surface area contributed by atoms with E-state index in [0.717, 1.165) is 5.69 Å². The molecule has 2 aromatic rings. The fourth-order valence-corrected chi connectivity index (χ4v) is 1.81. The maximum Gasteiger partial charge on any atom is 0.271 e. The predicted molar refractivity (Wildman–Crippen MR) is 64.6 cm³/mol. The van der Waals surface area contributed by atoms with Crippen molar-refractivity contribution >= 4 is 23.1 Å². The number of hydrogen-bond donors (Lipinski definition) is 2. The molecule has 7 heteroatoms. The zero-order valence-corrected chi connectivity index (χ0v) is 9.78. The van der Waals surface area contributed by atoms with Crippen molar-refractivity contribution in [3.63, 3.8) is 0 Å². The van der Waals surface area contributed by atoms with Crippen LogP contribution in [0.2, 0.25) is 0 Å². The third-order valence-corrected chi connectivity index (χ3v) is 2.70. The lowest BCUT2D eigenvalue weighted by molar-refractivity contribution is 0.0948. The highest BCUT2D eigenvalue weighted by Gasteiger charge is 2.06. The topological polar surface area (TPSA) is 93.8 Å². The Kier molecular flexibility index (Phi) is 3.61. The number of thiazole rings is 1. The first kappa shape index (κ1) is 11.5. The van der Waals surface area contributed by atoms with Crippen molar-refractivity contribution in [2.75, 3.05) is 12.3 Å². The third-order valence-electron chi connectivity index (χ3n) is 2.07. The summed E-state index contributed by atoms with van der Waals surface area (Å²) in [6.45, 7) is 0.522. The summed E-state index contributed by atoms with van der Waals surface area (Å²) < 4.78 is 0. The summed E-state index contributed by atoms with van der Waals surface area (Å²) in [5.41, 5.74) is 8.38. The molecule has 1 amide bonds. The first-order valence-electron chi connectivity index (χ1n) is 5.00. The second-order valence-electron chi connectivity index (χ2n) is 3.33. The zero-order chi connectivity index (χ0) is 12.1. The van der Waals surface area contributed by atoms with Gasteiger partial charge in [0.15, 0.2) is 5.69 Å². The number of hydrogen-bond acceptors (Lipinski definition) is 6. The highest BCUT2D eigenvalue weighted by molar-refractivity contribution is 7.07. The van der Waals surface area contributed by atoms with Crippen LogP contribution in [0.25, 0.3) is 0 Å². The van der Waals surface area contributed by atoms with Gasteiger partial charge in [0.05, 0.1) is 11.2 Å². The van der Waals surface area contributed by atoms with E-state index >= 15 is 0 Å². The summed E-state index contributed by atoms with van der Waals surface area (Å²) in [6.07, 6.45) is 0.706. The molecule has 2 heterocycles. The number of nitrogens with two attached hydrogens (primary N) is 1. The molecule has 17 heavy (non-hydrogen) atoms. The van der Waals surface area contributed by atoms with E-state index in [0.29, 0.717) is 18.8 Å². The molecule has 0 aliphatic heterocycles. The van der Waals surface area contributed by atoms with Crippen LogP contribution in [0.4, 0.5) is 5.82 Å². The highest BCUT2D eigenvalue weighted by atomic mass is 32.1. The molecule has 0 fully saturated rings. The van der Waals surface area contributed by atoms with Crippen molar-refractivity contribution in [2.45, 2.75) is 6.42 Å². The number of carbonyl (C=O) groups excluding carboxylic acids is 1. The largest absolute Gasteiger partial charge is 0.382 e. The Bertz CT molecular complexity index is 482. The fraction of sp³-hybridized carbons (Fsp3) is 0.200. The minimum Gasteiger partial charge on any atom is -0.382 e. The van der Waals surface area contributed by atoms with Gasteiger partial charge in [-0.05, 0) is 12.1 Å². The molecule has 2 rings (SSSR count). The van der Waals surface area contributed by atoms with Crippen molar-refractivity contribution in [3.05, 3.63) is 34.4 Å². The standard InChI is InChI=1S/C10H11N5OS/c11-9-2-1-8(14-15-9)10(16)12-4-3-7-5-17-6-13-7/h1-2,5-6H,3-4H2,(H2,11,15)(H,12,16). The minimum atomic E-state index is -0.257. The Balaban J connectivity index is 1.83. The zero-order valence-electron chi connectivity index (χ0n) is 8.96. The Hall–Kier alpha value is -2.02. The summed E-state index contributed by atoms with van der Waals surface area (Å²) in [5.74, 6) is 0.0387. The number of aromatic nitrogens is 3. The van der Waals surface area contributed by atoms with Crippen LogP contribution in [0.1, 0.15) is 16.2 Å². The van der Waals surface area contributed by atoms with Crippen LogP contribution in [0.3, 0.4) is 0 Å². The van der Waals surface area contributed by atoms with E-state index in [2.05, 4.69) is 20.5 Å². The van der Waals surface area contributed by atoms with Crippen LogP contribution in [0.5, 0.6) is 0 Å². The van der Waals surface area contributed by atoms with E-state index in [1.54, 1.807) is 17.6 Å². The Morgan fingerprint density at radius 3 is 2.94 bits per heavy atom. The van der Waals surface area contributed by atoms with Gasteiger partial charge in [-0.3, -0.25) is 4.79 Å². The molecule has 88 valence electrons. The maximum atomic E-state index is 11.6. The second kappa shape index (κ2) is 5.35. The van der Waals surface area contributed by atoms with Gasteiger partial charge in [0.25, 0.3) is 5.91 Å². The molecular weight excluding hydrogens is 238 g/mol. The summed E-state index contributed by atoms with van der Waals surface area (Å²) in [5, 5.41) is 12.0. The number of nitrogens with zero attached hydrogens (tertiary/aromatic N) is 3. The molecule has 0 aliphatic rings. The van der Waals surface area contributed by atoms with E-state index < -0.39 is 0 Å². The molecule has 0 saturated carbocycles. The van der Waals surface area contributed by atoms with E-state index in [-0.39, 0.29) is 11.6 Å². The molecule has 0 aliphatic carbocycles. The van der Waals surface area contributed by atoms with E-state index in [1.807, 2.05) is 5.38 Å². The summed E-state index contributed by atoms with van der Waals surface area (Å²) in [4.78, 5) is 15.7.